The van der Waals surface area contributed by atoms with Gasteiger partial charge < -0.3 is 23.7 Å². The van der Waals surface area contributed by atoms with Crippen molar-refractivity contribution in [3.8, 4) is 22.9 Å². The summed E-state index contributed by atoms with van der Waals surface area (Å²) in [5, 5.41) is 0. The molecule has 0 spiro atoms. The van der Waals surface area contributed by atoms with Crippen LogP contribution >= 0.6 is 0 Å². The lowest BCUT2D eigenvalue weighted by Crippen LogP contribution is -2.64. The van der Waals surface area contributed by atoms with Gasteiger partial charge in [0.25, 0.3) is 0 Å². The maximum Gasteiger partial charge on any atom is 0.460 e. The first-order valence-electron chi connectivity index (χ1n) is 15.0. The van der Waals surface area contributed by atoms with Crippen molar-refractivity contribution in [3.05, 3.63) is 36.7 Å². The molecule has 0 fully saturated rings. The third-order valence-electron chi connectivity index (χ3n) is 6.21. The molecule has 9 nitrogen and oxygen atoms in total. The van der Waals surface area contributed by atoms with Crippen molar-refractivity contribution < 1.29 is 99.0 Å². The maximum atomic E-state index is 13.7. The Morgan fingerprint density at radius 1 is 0.509 bits per heavy atom. The molecule has 0 aliphatic carbocycles. The normalized spacial score (nSPS) is 13.7. The van der Waals surface area contributed by atoms with Crippen molar-refractivity contribution in [1.29, 1.82) is 0 Å². The number of ether oxygens (including phenoxy) is 7. The third-order valence-corrected chi connectivity index (χ3v) is 6.21. The summed E-state index contributed by atoms with van der Waals surface area (Å²) in [6.45, 7) is 0.873. The Hall–Kier alpha value is -3.35. The summed E-state index contributed by atoms with van der Waals surface area (Å²) in [5.74, 6) is -14.8. The summed E-state index contributed by atoms with van der Waals surface area (Å²) < 4.78 is 226. The first-order valence-corrected chi connectivity index (χ1v) is 15.0. The van der Waals surface area contributed by atoms with Crippen LogP contribution in [-0.2, 0) is 23.7 Å². The number of rotatable bonds is 25. The molecule has 0 amide bonds. The van der Waals surface area contributed by atoms with Crippen molar-refractivity contribution >= 4 is 0 Å². The van der Waals surface area contributed by atoms with E-state index in [2.05, 4.69) is 26.4 Å². The third kappa shape index (κ3) is 13.2. The minimum atomic E-state index is -7.93. The van der Waals surface area contributed by atoms with Crippen LogP contribution in [0, 0.1) is 0 Å². The molecule has 0 N–H and O–H groups in total. The smallest absolute Gasteiger partial charge is 0.460 e. The predicted octanol–water partition coefficient (Wildman–Crippen LogP) is 8.38. The van der Waals surface area contributed by atoms with Gasteiger partial charge in [0.05, 0.1) is 45.4 Å². The molecular formula is C29H31F15N2O7. The van der Waals surface area contributed by atoms with Gasteiger partial charge in [0, 0.05) is 18.6 Å². The largest absolute Gasteiger partial charge is 0.494 e. The Labute approximate surface area is 290 Å². The monoisotopic (exact) mass is 804 g/mol. The van der Waals surface area contributed by atoms with Crippen LogP contribution in [0.3, 0.4) is 0 Å². The minimum Gasteiger partial charge on any atom is -0.494 e. The molecule has 24 heteroatoms. The van der Waals surface area contributed by atoms with Gasteiger partial charge in [0.15, 0.2) is 11.6 Å². The number of benzene rings is 1. The topological polar surface area (TPSA) is 90.4 Å². The molecule has 0 saturated heterocycles. The number of aromatic nitrogens is 2. The van der Waals surface area contributed by atoms with E-state index in [4.69, 9.17) is 18.9 Å². The van der Waals surface area contributed by atoms with Crippen LogP contribution in [0.4, 0.5) is 65.9 Å². The molecule has 0 aliphatic rings. The lowest BCUT2D eigenvalue weighted by Gasteiger charge is -2.36. The van der Waals surface area contributed by atoms with E-state index in [-0.39, 0.29) is 25.4 Å². The Balaban J connectivity index is 1.76. The van der Waals surface area contributed by atoms with Crippen LogP contribution in [0.1, 0.15) is 26.2 Å². The van der Waals surface area contributed by atoms with Gasteiger partial charge in [-0.1, -0.05) is 13.3 Å². The SMILES string of the molecule is CCCCOCCOCCOc1cnc(-c2ccc(OCCCOCC(F)(F)OC(F)(F)C(F)(F)OC(F)(F)C(F)(F)C(F)(F)C(F)(F)F)cc2)nc1. The van der Waals surface area contributed by atoms with Gasteiger partial charge in [-0.15, -0.1) is 0 Å². The number of hydrogen-bond acceptors (Lipinski definition) is 9. The first-order chi connectivity index (χ1) is 24.4. The number of alkyl halides is 15. The van der Waals surface area contributed by atoms with Crippen molar-refractivity contribution in [2.45, 2.75) is 68.6 Å². The van der Waals surface area contributed by atoms with Crippen molar-refractivity contribution in [2.24, 2.45) is 0 Å². The van der Waals surface area contributed by atoms with Gasteiger partial charge in [-0.05, 0) is 30.7 Å². The van der Waals surface area contributed by atoms with Crippen molar-refractivity contribution in [2.75, 3.05) is 52.9 Å². The zero-order valence-corrected chi connectivity index (χ0v) is 27.2. The van der Waals surface area contributed by atoms with E-state index in [1.54, 1.807) is 16.9 Å². The summed E-state index contributed by atoms with van der Waals surface area (Å²) in [7, 11) is 0. The molecule has 0 saturated carbocycles. The summed E-state index contributed by atoms with van der Waals surface area (Å²) in [4.78, 5) is 8.36. The molecule has 1 heterocycles. The van der Waals surface area contributed by atoms with E-state index in [9.17, 15) is 65.9 Å². The number of nitrogens with zero attached hydrogens (tertiary/aromatic N) is 2. The number of hydrogen-bond donors (Lipinski definition) is 0. The van der Waals surface area contributed by atoms with E-state index >= 15 is 0 Å². The molecule has 0 bridgehead atoms. The summed E-state index contributed by atoms with van der Waals surface area (Å²) in [6.07, 6.45) is -30.5. The Bertz CT molecular complexity index is 1370. The summed E-state index contributed by atoms with van der Waals surface area (Å²) in [6, 6.07) is 6.02. The molecular weight excluding hydrogens is 773 g/mol. The second kappa shape index (κ2) is 18.8. The maximum absolute atomic E-state index is 13.7. The molecule has 1 aromatic carbocycles. The average Bonchev–Trinajstić information content (AvgIpc) is 3.04. The molecule has 2 aromatic rings. The average molecular weight is 805 g/mol. The Morgan fingerprint density at radius 3 is 1.58 bits per heavy atom. The van der Waals surface area contributed by atoms with Gasteiger partial charge in [0.2, 0.25) is 0 Å². The molecule has 1 aromatic heterocycles. The minimum absolute atomic E-state index is 0.232. The van der Waals surface area contributed by atoms with Gasteiger partial charge in [-0.2, -0.15) is 65.9 Å². The summed E-state index contributed by atoms with van der Waals surface area (Å²) >= 11 is 0. The van der Waals surface area contributed by atoms with Crippen LogP contribution in [0.25, 0.3) is 11.4 Å². The zero-order valence-electron chi connectivity index (χ0n) is 27.2. The van der Waals surface area contributed by atoms with Gasteiger partial charge >= 0.3 is 42.5 Å². The highest BCUT2D eigenvalue weighted by Gasteiger charge is 2.85. The zero-order chi connectivity index (χ0) is 40.2. The fourth-order valence-corrected chi connectivity index (χ4v) is 3.49. The fourth-order valence-electron chi connectivity index (χ4n) is 3.49. The molecule has 2 rings (SSSR count). The molecule has 53 heavy (non-hydrogen) atoms. The highest BCUT2D eigenvalue weighted by atomic mass is 19.4. The van der Waals surface area contributed by atoms with Gasteiger partial charge in [-0.25, -0.2) is 19.4 Å². The molecule has 0 atom stereocenters. The molecule has 304 valence electrons. The summed E-state index contributed by atoms with van der Waals surface area (Å²) in [5.41, 5.74) is 0.547. The lowest BCUT2D eigenvalue weighted by molar-refractivity contribution is -0.543. The number of halogens is 15. The first kappa shape index (κ1) is 45.8. The standard InChI is InChI=1S/C29H31F15N2O7/c1-2-3-9-47-12-13-48-14-15-51-21-16-45-22(46-17-21)19-5-7-20(8-6-19)50-11-4-10-49-18-23(30,31)52-28(41,42)29(43,44)53-27(39,40)25(34,35)24(32,33)26(36,37)38/h5-8,16-17H,2-4,9-15,18H2,1H3. The van der Waals surface area contributed by atoms with Crippen LogP contribution in [0.2, 0.25) is 0 Å². The molecule has 0 unspecified atom stereocenters. The van der Waals surface area contributed by atoms with Crippen LogP contribution in [0.5, 0.6) is 11.5 Å². The van der Waals surface area contributed by atoms with Crippen LogP contribution in [0.15, 0.2) is 36.7 Å². The molecule has 0 aliphatic heterocycles. The van der Waals surface area contributed by atoms with Crippen molar-refractivity contribution in [1.82, 2.24) is 9.97 Å². The van der Waals surface area contributed by atoms with Crippen molar-refractivity contribution in [3.63, 3.8) is 0 Å². The second-order valence-electron chi connectivity index (χ2n) is 10.5. The highest BCUT2D eigenvalue weighted by molar-refractivity contribution is 5.56. The van der Waals surface area contributed by atoms with E-state index in [1.165, 1.54) is 24.5 Å². The van der Waals surface area contributed by atoms with Crippen LogP contribution in [-0.4, -0.2) is 105 Å². The number of unbranched alkanes of at least 4 members (excludes halogenated alkanes) is 1. The van der Waals surface area contributed by atoms with E-state index < -0.39 is 55.7 Å². The Kier molecular flexibility index (Phi) is 16.2. The fraction of sp³-hybridized carbons (Fsp3) is 0.655. The van der Waals surface area contributed by atoms with E-state index in [0.717, 1.165) is 12.8 Å². The van der Waals surface area contributed by atoms with Crippen LogP contribution < -0.4 is 9.47 Å². The lowest BCUT2D eigenvalue weighted by atomic mass is 10.1. The van der Waals surface area contributed by atoms with Gasteiger partial charge in [0.1, 0.15) is 19.0 Å². The quantitative estimate of drug-likeness (QED) is 0.0726. The Morgan fingerprint density at radius 2 is 1.02 bits per heavy atom. The predicted molar refractivity (Wildman–Crippen MR) is 148 cm³/mol. The van der Waals surface area contributed by atoms with E-state index in [1.807, 2.05) is 0 Å². The second-order valence-corrected chi connectivity index (χ2v) is 10.5. The molecule has 0 radical (unpaired) electrons. The highest BCUT2D eigenvalue weighted by Crippen LogP contribution is 2.56. The van der Waals surface area contributed by atoms with E-state index in [0.29, 0.717) is 43.6 Å². The van der Waals surface area contributed by atoms with Gasteiger partial charge in [-0.3, -0.25) is 0 Å².